The Balaban J connectivity index is 2.97. The molecule has 1 aromatic rings. The quantitative estimate of drug-likeness (QED) is 0.754. The summed E-state index contributed by atoms with van der Waals surface area (Å²) < 4.78 is 0.663. The molecule has 12 heavy (non-hydrogen) atoms. The van der Waals surface area contributed by atoms with Crippen molar-refractivity contribution in [2.24, 2.45) is 0 Å². The summed E-state index contributed by atoms with van der Waals surface area (Å²) in [6.07, 6.45) is 0.312. The van der Waals surface area contributed by atoms with Crippen LogP contribution in [0.4, 0.5) is 10.5 Å². The van der Waals surface area contributed by atoms with Crippen molar-refractivity contribution in [1.29, 1.82) is 0 Å². The first-order valence-electron chi connectivity index (χ1n) is 2.90. The number of carboxylic acid groups (broad SMARTS) is 1. The smallest absolute Gasteiger partial charge is 0.409 e. The predicted molar refractivity (Wildman–Crippen MR) is 48.6 cm³/mol. The molecule has 0 bridgehead atoms. The van der Waals surface area contributed by atoms with Crippen LogP contribution in [0.2, 0.25) is 5.15 Å². The monoisotopic (exact) mass is 250 g/mol. The number of amides is 1. The van der Waals surface area contributed by atoms with Gasteiger partial charge in [-0.05, 0) is 22.0 Å². The highest BCUT2D eigenvalue weighted by molar-refractivity contribution is 9.10. The molecule has 6 heteroatoms. The maximum absolute atomic E-state index is 10.2. The zero-order valence-corrected chi connectivity index (χ0v) is 8.06. The Bertz CT molecular complexity index is 318. The molecule has 0 aromatic carbocycles. The molecule has 1 amide bonds. The topological polar surface area (TPSA) is 62.2 Å². The number of nitrogens with zero attached hydrogens (tertiary/aromatic N) is 1. The van der Waals surface area contributed by atoms with Crippen LogP contribution in [0, 0.1) is 0 Å². The molecule has 64 valence electrons. The number of nitrogens with one attached hydrogen (secondary N) is 1. The molecule has 1 heterocycles. The van der Waals surface area contributed by atoms with Crippen molar-refractivity contribution in [2.45, 2.75) is 0 Å². The van der Waals surface area contributed by atoms with Crippen LogP contribution >= 0.6 is 27.5 Å². The molecule has 1 aromatic heterocycles. The second-order valence-corrected chi connectivity index (χ2v) is 3.20. The first-order chi connectivity index (χ1) is 5.59. The van der Waals surface area contributed by atoms with Gasteiger partial charge in [-0.3, -0.25) is 5.32 Å². The van der Waals surface area contributed by atoms with Gasteiger partial charge in [0.1, 0.15) is 0 Å². The van der Waals surface area contributed by atoms with E-state index in [2.05, 4.69) is 26.2 Å². The van der Waals surface area contributed by atoms with Gasteiger partial charge in [0, 0.05) is 10.7 Å². The van der Waals surface area contributed by atoms with Gasteiger partial charge in [0.15, 0.2) is 5.15 Å². The highest BCUT2D eigenvalue weighted by Crippen LogP contribution is 2.22. The SMILES string of the molecule is O=C(O)Nc1cc(Br)cnc1Cl. The Kier molecular flexibility index (Phi) is 2.88. The Morgan fingerprint density at radius 2 is 2.42 bits per heavy atom. The standard InChI is InChI=1S/C6H4BrClN2O2/c7-3-1-4(10-6(11)12)5(8)9-2-3/h1-2,10H,(H,11,12). The van der Waals surface area contributed by atoms with Gasteiger partial charge < -0.3 is 5.11 Å². The van der Waals surface area contributed by atoms with E-state index in [1.54, 1.807) is 0 Å². The van der Waals surface area contributed by atoms with E-state index in [1.165, 1.54) is 12.3 Å². The predicted octanol–water partition coefficient (Wildman–Crippen LogP) is 2.59. The molecule has 0 spiro atoms. The van der Waals surface area contributed by atoms with Crippen molar-refractivity contribution >= 4 is 39.3 Å². The summed E-state index contributed by atoms with van der Waals surface area (Å²) in [6, 6.07) is 1.53. The van der Waals surface area contributed by atoms with Crippen LogP contribution in [0.15, 0.2) is 16.7 Å². The third-order valence-corrected chi connectivity index (χ3v) is 1.78. The summed E-state index contributed by atoms with van der Waals surface area (Å²) >= 11 is 8.71. The molecule has 2 N–H and O–H groups in total. The molecular formula is C6H4BrClN2O2. The number of aromatic nitrogens is 1. The fourth-order valence-corrected chi connectivity index (χ4v) is 1.11. The van der Waals surface area contributed by atoms with Crippen molar-refractivity contribution in [3.8, 4) is 0 Å². The number of hydrogen-bond acceptors (Lipinski definition) is 2. The van der Waals surface area contributed by atoms with Crippen molar-refractivity contribution in [3.05, 3.63) is 21.9 Å². The molecule has 0 radical (unpaired) electrons. The molecule has 0 atom stereocenters. The summed E-state index contributed by atoms with van der Waals surface area (Å²) in [7, 11) is 0. The van der Waals surface area contributed by atoms with E-state index in [1.807, 2.05) is 0 Å². The molecule has 1 rings (SSSR count). The normalized spacial score (nSPS) is 9.50. The lowest BCUT2D eigenvalue weighted by atomic mass is 10.4. The van der Waals surface area contributed by atoms with Gasteiger partial charge in [-0.2, -0.15) is 0 Å². The zero-order chi connectivity index (χ0) is 9.14. The van der Waals surface area contributed by atoms with E-state index < -0.39 is 6.09 Å². The van der Waals surface area contributed by atoms with Gasteiger partial charge in [-0.25, -0.2) is 9.78 Å². The minimum absolute atomic E-state index is 0.126. The fraction of sp³-hybridized carbons (Fsp3) is 0. The average Bonchev–Trinajstić information content (AvgIpc) is 1.96. The average molecular weight is 251 g/mol. The van der Waals surface area contributed by atoms with Crippen LogP contribution in [-0.4, -0.2) is 16.2 Å². The Labute approximate surface area is 81.7 Å². The Hall–Kier alpha value is -0.810. The van der Waals surface area contributed by atoms with E-state index in [4.69, 9.17) is 16.7 Å². The van der Waals surface area contributed by atoms with E-state index >= 15 is 0 Å². The maximum Gasteiger partial charge on any atom is 0.409 e. The third kappa shape index (κ3) is 2.35. The van der Waals surface area contributed by atoms with Gasteiger partial charge in [-0.1, -0.05) is 11.6 Å². The van der Waals surface area contributed by atoms with Gasteiger partial charge >= 0.3 is 6.09 Å². The summed E-state index contributed by atoms with van der Waals surface area (Å²) in [5.41, 5.74) is 0.263. The van der Waals surface area contributed by atoms with Crippen molar-refractivity contribution in [2.75, 3.05) is 5.32 Å². The highest BCUT2D eigenvalue weighted by Gasteiger charge is 2.04. The van der Waals surface area contributed by atoms with Crippen LogP contribution in [0.1, 0.15) is 0 Å². The van der Waals surface area contributed by atoms with Gasteiger partial charge in [-0.15, -0.1) is 0 Å². The number of anilines is 1. The van der Waals surface area contributed by atoms with E-state index in [-0.39, 0.29) is 10.8 Å². The largest absolute Gasteiger partial charge is 0.465 e. The molecular weight excluding hydrogens is 247 g/mol. The number of rotatable bonds is 1. The van der Waals surface area contributed by atoms with Gasteiger partial charge in [0.2, 0.25) is 0 Å². The van der Waals surface area contributed by atoms with Crippen molar-refractivity contribution < 1.29 is 9.90 Å². The summed E-state index contributed by atoms with van der Waals surface area (Å²) in [5, 5.41) is 10.6. The van der Waals surface area contributed by atoms with E-state index in [0.29, 0.717) is 4.47 Å². The second kappa shape index (κ2) is 3.73. The Morgan fingerprint density at radius 1 is 1.75 bits per heavy atom. The first-order valence-corrected chi connectivity index (χ1v) is 4.07. The van der Waals surface area contributed by atoms with Crippen molar-refractivity contribution in [1.82, 2.24) is 4.98 Å². The number of pyridine rings is 1. The number of halogens is 2. The van der Waals surface area contributed by atoms with Gasteiger partial charge in [0.05, 0.1) is 5.69 Å². The first kappa shape index (κ1) is 9.28. The van der Waals surface area contributed by atoms with E-state index in [0.717, 1.165) is 0 Å². The second-order valence-electron chi connectivity index (χ2n) is 1.92. The van der Waals surface area contributed by atoms with Crippen LogP contribution < -0.4 is 5.32 Å². The molecule has 4 nitrogen and oxygen atoms in total. The van der Waals surface area contributed by atoms with Crippen LogP contribution in [0.25, 0.3) is 0 Å². The lowest BCUT2D eigenvalue weighted by Gasteiger charge is -2.01. The maximum atomic E-state index is 10.2. The molecule has 0 unspecified atom stereocenters. The summed E-state index contributed by atoms with van der Waals surface area (Å²) in [5.74, 6) is 0. The lowest BCUT2D eigenvalue weighted by Crippen LogP contribution is -2.07. The summed E-state index contributed by atoms with van der Waals surface area (Å²) in [6.45, 7) is 0. The molecule has 0 aliphatic heterocycles. The minimum Gasteiger partial charge on any atom is -0.465 e. The third-order valence-electron chi connectivity index (χ3n) is 1.05. The molecule has 0 fully saturated rings. The van der Waals surface area contributed by atoms with Crippen LogP contribution in [0.3, 0.4) is 0 Å². The van der Waals surface area contributed by atoms with Crippen LogP contribution in [0.5, 0.6) is 0 Å². The summed E-state index contributed by atoms with van der Waals surface area (Å²) in [4.78, 5) is 13.9. The molecule has 0 aliphatic carbocycles. The number of carbonyl (C=O) groups is 1. The fourth-order valence-electron chi connectivity index (χ4n) is 0.625. The molecule has 0 saturated carbocycles. The van der Waals surface area contributed by atoms with Gasteiger partial charge in [0.25, 0.3) is 0 Å². The van der Waals surface area contributed by atoms with E-state index in [9.17, 15) is 4.79 Å². The van der Waals surface area contributed by atoms with Crippen molar-refractivity contribution in [3.63, 3.8) is 0 Å². The van der Waals surface area contributed by atoms with Crippen LogP contribution in [-0.2, 0) is 0 Å². The number of hydrogen-bond donors (Lipinski definition) is 2. The Morgan fingerprint density at radius 3 is 3.00 bits per heavy atom. The molecule has 0 aliphatic rings. The minimum atomic E-state index is -1.17. The molecule has 0 saturated heterocycles. The lowest BCUT2D eigenvalue weighted by molar-refractivity contribution is 0.209. The highest BCUT2D eigenvalue weighted by atomic mass is 79.9. The zero-order valence-electron chi connectivity index (χ0n) is 5.71.